The van der Waals surface area contributed by atoms with Gasteiger partial charge >= 0.3 is 0 Å². The van der Waals surface area contributed by atoms with Crippen LogP contribution in [-0.4, -0.2) is 24.9 Å². The third kappa shape index (κ3) is 13.0. The number of nitrogens with zero attached hydrogens (tertiary/aromatic N) is 4. The number of nitriles is 2. The molecule has 0 amide bonds. The van der Waals surface area contributed by atoms with Crippen molar-refractivity contribution in [2.45, 2.75) is 48.5 Å². The van der Waals surface area contributed by atoms with E-state index in [0.29, 0.717) is 36.9 Å². The molecule has 0 aliphatic heterocycles. The van der Waals surface area contributed by atoms with Crippen molar-refractivity contribution in [2.24, 2.45) is 0 Å². The minimum Gasteiger partial charge on any atom is -0.360 e. The molecule has 0 bridgehead atoms. The zero-order chi connectivity index (χ0) is 46.4. The summed E-state index contributed by atoms with van der Waals surface area (Å²) in [4.78, 5) is 20.5. The monoisotopic (exact) mass is 1040 g/mol. The number of rotatable bonds is 4. The quantitative estimate of drug-likeness (QED) is 0.131. The molecule has 0 aliphatic rings. The first kappa shape index (κ1) is 50.2. The number of pyridine rings is 1. The number of aryl methyl sites for hydroxylation is 3. The van der Waals surface area contributed by atoms with Gasteiger partial charge in [-0.3, -0.25) is 4.98 Å². The lowest BCUT2D eigenvalue weighted by molar-refractivity contribution is 1.21. The van der Waals surface area contributed by atoms with E-state index in [1.807, 2.05) is 113 Å². The van der Waals surface area contributed by atoms with Gasteiger partial charge in [0.1, 0.15) is 12.1 Å². The van der Waals surface area contributed by atoms with E-state index < -0.39 is 0 Å². The molecule has 8 rings (SSSR count). The van der Waals surface area contributed by atoms with Crippen LogP contribution in [0.25, 0.3) is 50.0 Å². The lowest BCUT2D eigenvalue weighted by Crippen LogP contribution is -1.84. The molecule has 4 N–H and O–H groups in total. The molecule has 3 aromatic carbocycles. The molecule has 5 heterocycles. The normalized spacial score (nSPS) is 9.94. The number of halogens is 6. The van der Waals surface area contributed by atoms with Crippen molar-refractivity contribution in [3.05, 3.63) is 183 Å². The Hall–Kier alpha value is -5.48. The van der Waals surface area contributed by atoms with Gasteiger partial charge < -0.3 is 19.9 Å². The van der Waals surface area contributed by atoms with Crippen molar-refractivity contribution in [3.63, 3.8) is 0 Å². The second kappa shape index (κ2) is 23.8. The fourth-order valence-corrected chi connectivity index (χ4v) is 7.40. The molecule has 0 fully saturated rings. The molecule has 0 saturated heterocycles. The number of hydrogen-bond acceptors (Lipinski definition) is 3. The summed E-state index contributed by atoms with van der Waals surface area (Å²) in [5, 5.41) is 20.4. The summed E-state index contributed by atoms with van der Waals surface area (Å²) in [7, 11) is 0. The molecule has 0 unspecified atom stereocenters. The van der Waals surface area contributed by atoms with Crippen molar-refractivity contribution in [1.29, 1.82) is 10.5 Å². The Kier molecular flexibility index (Phi) is 19.0. The van der Waals surface area contributed by atoms with Crippen LogP contribution >= 0.6 is 78.3 Å². The molecule has 0 aliphatic carbocycles. The fourth-order valence-electron chi connectivity index (χ4n) is 6.04. The molecule has 8 nitrogen and oxygen atoms in total. The van der Waals surface area contributed by atoms with Gasteiger partial charge in [-0.05, 0) is 155 Å². The minimum atomic E-state index is 0.473. The Morgan fingerprint density at radius 2 is 1.19 bits per heavy atom. The van der Waals surface area contributed by atoms with Gasteiger partial charge in [0.15, 0.2) is 0 Å². The second-order valence-electron chi connectivity index (χ2n) is 13.5. The Morgan fingerprint density at radius 3 is 1.70 bits per heavy atom. The lowest BCUT2D eigenvalue weighted by Gasteiger charge is -2.02. The second-order valence-corrected chi connectivity index (χ2v) is 16.8. The van der Waals surface area contributed by atoms with Crippen LogP contribution in [-0.2, 0) is 0 Å². The average Bonchev–Trinajstić information content (AvgIpc) is 4.03. The first-order valence-electron chi connectivity index (χ1n) is 19.3. The van der Waals surface area contributed by atoms with Crippen molar-refractivity contribution >= 4 is 84.0 Å². The molecule has 63 heavy (non-hydrogen) atoms. The van der Waals surface area contributed by atoms with E-state index in [0.717, 1.165) is 65.6 Å². The van der Waals surface area contributed by atoms with Gasteiger partial charge in [0.2, 0.25) is 5.69 Å². The van der Waals surface area contributed by atoms with Crippen LogP contribution < -0.4 is 0 Å². The van der Waals surface area contributed by atoms with E-state index in [4.69, 9.17) is 63.5 Å². The van der Waals surface area contributed by atoms with E-state index in [-0.39, 0.29) is 0 Å². The van der Waals surface area contributed by atoms with Gasteiger partial charge in [-0.15, -0.1) is 0 Å². The van der Waals surface area contributed by atoms with E-state index in [1.54, 1.807) is 18.2 Å². The Labute approximate surface area is 405 Å². The number of benzene rings is 3. The molecule has 14 heteroatoms. The van der Waals surface area contributed by atoms with Crippen LogP contribution in [0.3, 0.4) is 0 Å². The SMILES string of the molecule is CC.Cc1[nH]c(-c2ccc(Cl)cc2)c(C#N)c1Br.Cc1[nH]c(-c2ccccn2)c(C)c1C.Cc1cc(C#N)c(-c2ccc(Cl)cc2)[nH]1.[C-]#[N+]c1cc(Br)[nH]c1-c1ccc(Cl)c(Cl)c1. The molecular weight excluding hydrogens is 1000 g/mol. The predicted molar refractivity (Wildman–Crippen MR) is 269 cm³/mol. The van der Waals surface area contributed by atoms with Crippen molar-refractivity contribution in [1.82, 2.24) is 24.9 Å². The van der Waals surface area contributed by atoms with Gasteiger partial charge in [0, 0.05) is 33.3 Å². The summed E-state index contributed by atoms with van der Waals surface area (Å²) in [6.07, 6.45) is 1.82. The summed E-state index contributed by atoms with van der Waals surface area (Å²) in [6, 6.07) is 34.0. The van der Waals surface area contributed by atoms with Crippen LogP contribution in [0.4, 0.5) is 5.69 Å². The number of hydrogen-bond donors (Lipinski definition) is 4. The van der Waals surface area contributed by atoms with E-state index in [1.165, 1.54) is 16.8 Å². The average molecular weight is 1040 g/mol. The van der Waals surface area contributed by atoms with Crippen LogP contribution in [0.5, 0.6) is 0 Å². The zero-order valence-electron chi connectivity index (χ0n) is 35.4. The minimum absolute atomic E-state index is 0.473. The van der Waals surface area contributed by atoms with Crippen LogP contribution in [0.15, 0.2) is 112 Å². The maximum atomic E-state index is 9.10. The van der Waals surface area contributed by atoms with Crippen LogP contribution in [0.2, 0.25) is 20.1 Å². The molecule has 8 aromatic rings. The highest BCUT2D eigenvalue weighted by Gasteiger charge is 2.15. The third-order valence-corrected chi connectivity index (χ3v) is 12.0. The highest BCUT2D eigenvalue weighted by Crippen LogP contribution is 2.36. The summed E-state index contributed by atoms with van der Waals surface area (Å²) in [6.45, 7) is 21.3. The van der Waals surface area contributed by atoms with Crippen molar-refractivity contribution < 1.29 is 0 Å². The topological polar surface area (TPSA) is 128 Å². The van der Waals surface area contributed by atoms with Gasteiger partial charge in [-0.2, -0.15) is 10.5 Å². The van der Waals surface area contributed by atoms with E-state index in [9.17, 15) is 0 Å². The van der Waals surface area contributed by atoms with E-state index >= 15 is 0 Å². The number of aromatic amines is 4. The molecule has 0 saturated carbocycles. The summed E-state index contributed by atoms with van der Waals surface area (Å²) in [5.41, 5.74) is 14.9. The van der Waals surface area contributed by atoms with Crippen LogP contribution in [0, 0.1) is 63.9 Å². The molecule has 5 aromatic heterocycles. The lowest BCUT2D eigenvalue weighted by atomic mass is 10.1. The summed E-state index contributed by atoms with van der Waals surface area (Å²) in [5.74, 6) is 0. The van der Waals surface area contributed by atoms with Gasteiger partial charge in [-0.25, -0.2) is 4.85 Å². The van der Waals surface area contributed by atoms with Crippen molar-refractivity contribution in [3.8, 4) is 57.3 Å². The van der Waals surface area contributed by atoms with Gasteiger partial charge in [-0.1, -0.05) is 96.6 Å². The zero-order valence-corrected chi connectivity index (χ0v) is 41.6. The molecule has 0 radical (unpaired) electrons. The third-order valence-electron chi connectivity index (χ3n) is 9.39. The molecular formula is C49H42Br2Cl4N8. The number of nitrogens with one attached hydrogen (secondary N) is 4. The fraction of sp³-hybridized carbons (Fsp3) is 0.143. The predicted octanol–water partition coefficient (Wildman–Crippen LogP) is 17.1. The van der Waals surface area contributed by atoms with Crippen molar-refractivity contribution in [2.75, 3.05) is 0 Å². The first-order valence-corrected chi connectivity index (χ1v) is 22.4. The van der Waals surface area contributed by atoms with E-state index in [2.05, 4.69) is 94.5 Å². The smallest absolute Gasteiger partial charge is 0.213 e. The highest BCUT2D eigenvalue weighted by atomic mass is 79.9. The Balaban J connectivity index is 0.000000182. The van der Waals surface area contributed by atoms with Gasteiger partial charge in [0.25, 0.3) is 0 Å². The molecule has 320 valence electrons. The number of aromatic nitrogens is 5. The number of H-pyrrole nitrogens is 4. The molecule has 0 atom stereocenters. The molecule has 0 spiro atoms. The largest absolute Gasteiger partial charge is 0.360 e. The maximum Gasteiger partial charge on any atom is 0.213 e. The maximum absolute atomic E-state index is 9.10. The summed E-state index contributed by atoms with van der Waals surface area (Å²) >= 11 is 30.1. The summed E-state index contributed by atoms with van der Waals surface area (Å²) < 4.78 is 1.58. The Bertz CT molecular complexity index is 2910. The standard InChI is InChI=1S/C12H8BrClN2.C12H9ClN2.C12H14N2.C11H5BrCl2N2.C2H6/c1-7-11(13)10(6-15)12(16-7)8-2-4-9(14)5-3-8;1-8-6-10(7-14)12(15-8)9-2-4-11(13)5-3-9;1-8-9(2)12(14-10(8)3)11-6-4-5-7-13-11;1-15-9-5-10(12)16-11(9)6-2-3-7(13)8(14)4-6;1-2/h2-5,16H,1H3;2-6,15H,1H3;4-7,14H,1-3H3;2-5,16H;1-2H3. The van der Waals surface area contributed by atoms with Gasteiger partial charge in [0.05, 0.1) is 65.3 Å². The van der Waals surface area contributed by atoms with Crippen LogP contribution in [0.1, 0.15) is 53.2 Å². The highest BCUT2D eigenvalue weighted by molar-refractivity contribution is 9.10. The Morgan fingerprint density at radius 1 is 0.603 bits per heavy atom. The first-order chi connectivity index (χ1) is 30.1.